The van der Waals surface area contributed by atoms with Crippen LogP contribution in [0.2, 0.25) is 0 Å². The van der Waals surface area contributed by atoms with Gasteiger partial charge in [0.25, 0.3) is 5.56 Å². The van der Waals surface area contributed by atoms with Gasteiger partial charge in [-0.15, -0.1) is 11.3 Å². The molecule has 0 radical (unpaired) electrons. The molecule has 1 saturated heterocycles. The second-order valence-corrected chi connectivity index (χ2v) is 8.64. The van der Waals surface area contributed by atoms with E-state index in [0.717, 1.165) is 24.9 Å². The minimum absolute atomic E-state index is 0.00704. The number of amides is 1. The fraction of sp³-hybridized carbons (Fsp3) is 0.318. The molecule has 1 amide bonds. The summed E-state index contributed by atoms with van der Waals surface area (Å²) in [7, 11) is 1.52. The van der Waals surface area contributed by atoms with E-state index in [1.165, 1.54) is 21.4 Å². The van der Waals surface area contributed by atoms with Gasteiger partial charge >= 0.3 is 5.69 Å². The molecule has 0 aliphatic carbocycles. The van der Waals surface area contributed by atoms with Crippen LogP contribution in [-0.2, 0) is 11.3 Å². The van der Waals surface area contributed by atoms with Crippen molar-refractivity contribution in [1.29, 1.82) is 0 Å². The zero-order valence-electron chi connectivity index (χ0n) is 17.3. The Kier molecular flexibility index (Phi) is 6.06. The molecule has 1 atom stereocenters. The molecule has 31 heavy (non-hydrogen) atoms. The van der Waals surface area contributed by atoms with E-state index in [0.29, 0.717) is 0 Å². The number of nitrogens with one attached hydrogen (secondary N) is 1. The van der Waals surface area contributed by atoms with Gasteiger partial charge < -0.3 is 10.6 Å². The van der Waals surface area contributed by atoms with Crippen molar-refractivity contribution >= 4 is 28.7 Å². The van der Waals surface area contributed by atoms with Crippen molar-refractivity contribution in [2.75, 3.05) is 30.8 Å². The first kappa shape index (κ1) is 21.1. The smallest absolute Gasteiger partial charge is 0.330 e. The highest BCUT2D eigenvalue weighted by molar-refractivity contribution is 7.10. The fourth-order valence-corrected chi connectivity index (χ4v) is 4.94. The lowest BCUT2D eigenvalue weighted by atomic mass is 10.2. The normalized spacial score (nSPS) is 16.5. The van der Waals surface area contributed by atoms with Crippen molar-refractivity contribution in [2.45, 2.75) is 25.4 Å². The molecule has 0 saturated carbocycles. The zero-order chi connectivity index (χ0) is 22.0. The van der Waals surface area contributed by atoms with Crippen molar-refractivity contribution in [3.63, 3.8) is 0 Å². The SMILES string of the molecule is CN(C(=O)CN1CCCC1c1cccs1)c1c(N)n(Cc2ccccc2)c(=O)[nH]c1=O. The Morgan fingerprint density at radius 2 is 2.00 bits per heavy atom. The number of hydrogen-bond acceptors (Lipinski definition) is 6. The summed E-state index contributed by atoms with van der Waals surface area (Å²) < 4.78 is 1.28. The van der Waals surface area contributed by atoms with Gasteiger partial charge in [-0.3, -0.25) is 24.0 Å². The molecule has 3 heterocycles. The van der Waals surface area contributed by atoms with E-state index < -0.39 is 11.2 Å². The number of carbonyl (C=O) groups is 1. The first-order valence-corrected chi connectivity index (χ1v) is 11.0. The summed E-state index contributed by atoms with van der Waals surface area (Å²) in [5, 5.41) is 2.04. The van der Waals surface area contributed by atoms with Gasteiger partial charge in [-0.05, 0) is 36.4 Å². The lowest BCUT2D eigenvalue weighted by molar-refractivity contribution is -0.119. The number of aromatic amines is 1. The lowest BCUT2D eigenvalue weighted by Gasteiger charge is -2.26. The minimum Gasteiger partial charge on any atom is -0.383 e. The largest absolute Gasteiger partial charge is 0.383 e. The number of nitrogen functional groups attached to an aromatic ring is 1. The molecular formula is C22H25N5O3S. The summed E-state index contributed by atoms with van der Waals surface area (Å²) in [6.07, 6.45) is 2.02. The van der Waals surface area contributed by atoms with E-state index in [1.807, 2.05) is 41.8 Å². The molecule has 1 aliphatic rings. The van der Waals surface area contributed by atoms with Crippen LogP contribution in [0.3, 0.4) is 0 Å². The number of likely N-dealkylation sites (N-methyl/N-ethyl adjacent to an activating group) is 1. The highest BCUT2D eigenvalue weighted by Crippen LogP contribution is 2.34. The van der Waals surface area contributed by atoms with Crippen LogP contribution in [0.5, 0.6) is 0 Å². The number of benzene rings is 1. The Balaban J connectivity index is 1.58. The summed E-state index contributed by atoms with van der Waals surface area (Å²) >= 11 is 1.69. The number of carbonyl (C=O) groups excluding carboxylic acids is 1. The zero-order valence-corrected chi connectivity index (χ0v) is 18.1. The summed E-state index contributed by atoms with van der Waals surface area (Å²) in [5.41, 5.74) is 5.80. The molecule has 0 spiro atoms. The molecule has 3 N–H and O–H groups in total. The number of aromatic nitrogens is 2. The predicted octanol–water partition coefficient (Wildman–Crippen LogP) is 2.03. The van der Waals surface area contributed by atoms with E-state index in [-0.39, 0.29) is 36.5 Å². The van der Waals surface area contributed by atoms with Crippen LogP contribution in [-0.4, -0.2) is 40.5 Å². The number of likely N-dealkylation sites (tertiary alicyclic amines) is 1. The van der Waals surface area contributed by atoms with Gasteiger partial charge in [-0.2, -0.15) is 0 Å². The summed E-state index contributed by atoms with van der Waals surface area (Å²) in [4.78, 5) is 44.9. The molecule has 1 aromatic carbocycles. The maximum absolute atomic E-state index is 13.1. The molecule has 8 nitrogen and oxygen atoms in total. The Morgan fingerprint density at radius 1 is 1.23 bits per heavy atom. The number of nitrogens with zero attached hydrogens (tertiary/aromatic N) is 3. The van der Waals surface area contributed by atoms with Gasteiger partial charge in [0.2, 0.25) is 5.91 Å². The van der Waals surface area contributed by atoms with Crippen LogP contribution in [0.4, 0.5) is 11.5 Å². The first-order chi connectivity index (χ1) is 15.0. The number of anilines is 2. The van der Waals surface area contributed by atoms with Crippen LogP contribution in [0, 0.1) is 0 Å². The third-order valence-electron chi connectivity index (χ3n) is 5.68. The van der Waals surface area contributed by atoms with Gasteiger partial charge in [-0.1, -0.05) is 36.4 Å². The van der Waals surface area contributed by atoms with Crippen molar-refractivity contribution in [1.82, 2.24) is 14.5 Å². The number of rotatable bonds is 6. The van der Waals surface area contributed by atoms with E-state index >= 15 is 0 Å². The number of thiophene rings is 1. The van der Waals surface area contributed by atoms with Crippen molar-refractivity contribution in [2.24, 2.45) is 0 Å². The van der Waals surface area contributed by atoms with E-state index in [9.17, 15) is 14.4 Å². The second kappa shape index (κ2) is 8.91. The van der Waals surface area contributed by atoms with Crippen molar-refractivity contribution in [3.8, 4) is 0 Å². The van der Waals surface area contributed by atoms with Crippen molar-refractivity contribution < 1.29 is 4.79 Å². The molecule has 1 fully saturated rings. The molecule has 162 valence electrons. The van der Waals surface area contributed by atoms with Gasteiger partial charge in [0.1, 0.15) is 5.82 Å². The standard InChI is InChI=1S/C22H25N5O3S/c1-25(18(28)14-26-11-5-9-16(26)17-10-6-12-31-17)19-20(23)27(22(30)24-21(19)29)13-15-7-3-2-4-8-15/h2-4,6-8,10,12,16H,5,9,11,13-14,23H2,1H3,(H,24,29,30). The second-order valence-electron chi connectivity index (χ2n) is 7.66. The maximum atomic E-state index is 13.1. The minimum atomic E-state index is -0.668. The van der Waals surface area contributed by atoms with Crippen molar-refractivity contribution in [3.05, 3.63) is 79.1 Å². The molecule has 1 aliphatic heterocycles. The lowest BCUT2D eigenvalue weighted by Crippen LogP contribution is -2.43. The maximum Gasteiger partial charge on any atom is 0.330 e. The molecule has 2 aromatic heterocycles. The highest BCUT2D eigenvalue weighted by Gasteiger charge is 2.30. The average molecular weight is 440 g/mol. The third kappa shape index (κ3) is 4.33. The van der Waals surface area contributed by atoms with Gasteiger partial charge in [-0.25, -0.2) is 4.79 Å². The summed E-state index contributed by atoms with van der Waals surface area (Å²) in [6.45, 7) is 1.20. The Labute approximate surface area is 183 Å². The van der Waals surface area contributed by atoms with Crippen LogP contribution in [0.25, 0.3) is 0 Å². The summed E-state index contributed by atoms with van der Waals surface area (Å²) in [6, 6.07) is 13.6. The average Bonchev–Trinajstić information content (AvgIpc) is 3.43. The molecule has 9 heteroatoms. The number of nitrogens with two attached hydrogens (primary N) is 1. The number of hydrogen-bond donors (Lipinski definition) is 2. The third-order valence-corrected chi connectivity index (χ3v) is 6.65. The Morgan fingerprint density at radius 3 is 2.71 bits per heavy atom. The molecule has 4 rings (SSSR count). The summed E-state index contributed by atoms with van der Waals surface area (Å²) in [5.74, 6) is -0.268. The Hall–Kier alpha value is -3.17. The molecular weight excluding hydrogens is 414 g/mol. The van der Waals surface area contributed by atoms with E-state index in [4.69, 9.17) is 5.73 Å². The molecule has 1 unspecified atom stereocenters. The molecule has 3 aromatic rings. The first-order valence-electron chi connectivity index (χ1n) is 10.2. The van der Waals surface area contributed by atoms with Crippen LogP contribution >= 0.6 is 11.3 Å². The topological polar surface area (TPSA) is 104 Å². The quantitative estimate of drug-likeness (QED) is 0.612. The van der Waals surface area contributed by atoms with Crippen LogP contribution in [0.15, 0.2) is 57.4 Å². The van der Waals surface area contributed by atoms with E-state index in [2.05, 4.69) is 16.0 Å². The van der Waals surface area contributed by atoms with Gasteiger partial charge in [0, 0.05) is 18.0 Å². The number of H-pyrrole nitrogens is 1. The van der Waals surface area contributed by atoms with Crippen LogP contribution in [0.1, 0.15) is 29.3 Å². The van der Waals surface area contributed by atoms with E-state index in [1.54, 1.807) is 11.3 Å². The highest BCUT2D eigenvalue weighted by atomic mass is 32.1. The monoisotopic (exact) mass is 439 g/mol. The predicted molar refractivity (Wildman–Crippen MR) is 123 cm³/mol. The van der Waals surface area contributed by atoms with Gasteiger partial charge in [0.15, 0.2) is 5.69 Å². The molecule has 0 bridgehead atoms. The Bertz CT molecular complexity index is 1170. The van der Waals surface area contributed by atoms with Crippen LogP contribution < -0.4 is 21.9 Å². The van der Waals surface area contributed by atoms with Gasteiger partial charge in [0.05, 0.1) is 13.1 Å². The fourth-order valence-electron chi connectivity index (χ4n) is 4.05.